The van der Waals surface area contributed by atoms with Gasteiger partial charge in [0.15, 0.2) is 11.0 Å². The predicted octanol–water partition coefficient (Wildman–Crippen LogP) is 3.36. The number of nitrogens with zero attached hydrogens (tertiary/aromatic N) is 4. The molecule has 0 aliphatic rings. The van der Waals surface area contributed by atoms with Crippen molar-refractivity contribution in [2.75, 3.05) is 12.8 Å². The maximum Gasteiger partial charge on any atom is 0.233 e. The normalized spacial score (nSPS) is 10.9. The number of hydrogen-bond donors (Lipinski definition) is 0. The van der Waals surface area contributed by atoms with Crippen LogP contribution in [0.4, 0.5) is 0 Å². The molecule has 0 aliphatic heterocycles. The van der Waals surface area contributed by atoms with E-state index < -0.39 is 0 Å². The first kappa shape index (κ1) is 16.2. The van der Waals surface area contributed by atoms with E-state index in [1.165, 1.54) is 16.6 Å². The molecule has 0 saturated heterocycles. The van der Waals surface area contributed by atoms with Crippen molar-refractivity contribution in [3.63, 3.8) is 0 Å². The van der Waals surface area contributed by atoms with Crippen LogP contribution >= 0.6 is 34.4 Å². The minimum atomic E-state index is 0.0871. The highest BCUT2D eigenvalue weighted by Crippen LogP contribution is 2.26. The molecule has 0 spiro atoms. The van der Waals surface area contributed by atoms with E-state index in [4.69, 9.17) is 0 Å². The van der Waals surface area contributed by atoms with Crippen LogP contribution in [0.15, 0.2) is 40.2 Å². The van der Waals surface area contributed by atoms with Crippen LogP contribution in [0.1, 0.15) is 4.88 Å². The minimum absolute atomic E-state index is 0.0871. The molecule has 0 aliphatic carbocycles. The number of rotatable bonds is 6. The summed E-state index contributed by atoms with van der Waals surface area (Å²) in [6, 6.07) is 8.05. The zero-order valence-corrected chi connectivity index (χ0v) is 15.2. The van der Waals surface area contributed by atoms with E-state index in [2.05, 4.69) is 10.2 Å². The molecule has 8 heteroatoms. The van der Waals surface area contributed by atoms with Gasteiger partial charge in [-0.15, -0.1) is 32.9 Å². The van der Waals surface area contributed by atoms with E-state index in [0.717, 1.165) is 15.9 Å². The zero-order valence-electron chi connectivity index (χ0n) is 12.8. The fourth-order valence-electron chi connectivity index (χ4n) is 2.02. The van der Waals surface area contributed by atoms with Gasteiger partial charge < -0.3 is 9.47 Å². The van der Waals surface area contributed by atoms with Gasteiger partial charge in [0.05, 0.1) is 17.2 Å². The van der Waals surface area contributed by atoms with Crippen LogP contribution in [0.5, 0.6) is 0 Å². The van der Waals surface area contributed by atoms with Crippen molar-refractivity contribution in [2.24, 2.45) is 7.05 Å². The SMILES string of the molecule is CN(Cc1cccs1)C(=O)CSc1nnc(-c2cccs2)n1C. The third-order valence-corrected chi connectivity index (χ3v) is 6.03. The second-order valence-corrected chi connectivity index (χ2v) is 7.88. The van der Waals surface area contributed by atoms with Gasteiger partial charge in [-0.3, -0.25) is 4.79 Å². The minimum Gasteiger partial charge on any atom is -0.340 e. The van der Waals surface area contributed by atoms with Crippen molar-refractivity contribution in [1.29, 1.82) is 0 Å². The number of hydrogen-bond acceptors (Lipinski definition) is 6. The number of carbonyl (C=O) groups excluding carboxylic acids is 1. The molecule has 0 N–H and O–H groups in total. The van der Waals surface area contributed by atoms with Gasteiger partial charge in [0.25, 0.3) is 0 Å². The smallest absolute Gasteiger partial charge is 0.233 e. The van der Waals surface area contributed by atoms with Gasteiger partial charge in [0.2, 0.25) is 5.91 Å². The predicted molar refractivity (Wildman–Crippen MR) is 95.8 cm³/mol. The number of amides is 1. The first-order valence-electron chi connectivity index (χ1n) is 6.97. The third kappa shape index (κ3) is 3.82. The van der Waals surface area contributed by atoms with E-state index >= 15 is 0 Å². The van der Waals surface area contributed by atoms with Gasteiger partial charge in [-0.05, 0) is 22.9 Å². The Kier molecular flexibility index (Phi) is 5.14. The first-order chi connectivity index (χ1) is 11.1. The summed E-state index contributed by atoms with van der Waals surface area (Å²) in [7, 11) is 3.76. The number of thioether (sulfide) groups is 1. The zero-order chi connectivity index (χ0) is 16.2. The molecular weight excluding hydrogens is 348 g/mol. The molecule has 3 rings (SSSR count). The van der Waals surface area contributed by atoms with E-state index in [9.17, 15) is 4.79 Å². The first-order valence-corrected chi connectivity index (χ1v) is 9.72. The standard InChI is InChI=1S/C15H16N4OS3/c1-18(9-11-5-3-7-21-11)13(20)10-23-15-17-16-14(19(15)2)12-6-4-8-22-12/h3-8H,9-10H2,1-2H3. The molecule has 0 aromatic carbocycles. The van der Waals surface area contributed by atoms with E-state index in [1.807, 2.05) is 53.7 Å². The summed E-state index contributed by atoms with van der Waals surface area (Å²) in [4.78, 5) is 16.3. The number of aromatic nitrogens is 3. The summed E-state index contributed by atoms with van der Waals surface area (Å²) >= 11 is 4.71. The fraction of sp³-hybridized carbons (Fsp3) is 0.267. The lowest BCUT2D eigenvalue weighted by atomic mass is 10.4. The summed E-state index contributed by atoms with van der Waals surface area (Å²) in [6.45, 7) is 0.649. The highest BCUT2D eigenvalue weighted by molar-refractivity contribution is 7.99. The Morgan fingerprint density at radius 1 is 1.26 bits per heavy atom. The Morgan fingerprint density at radius 2 is 2.04 bits per heavy atom. The topological polar surface area (TPSA) is 51.0 Å². The summed E-state index contributed by atoms with van der Waals surface area (Å²) in [6.07, 6.45) is 0. The van der Waals surface area contributed by atoms with E-state index in [0.29, 0.717) is 12.3 Å². The van der Waals surface area contributed by atoms with Crippen LogP contribution in [0, 0.1) is 0 Å². The van der Waals surface area contributed by atoms with Crippen LogP contribution in [0.2, 0.25) is 0 Å². The van der Waals surface area contributed by atoms with Crippen molar-refractivity contribution < 1.29 is 4.79 Å². The molecule has 0 radical (unpaired) electrons. The molecule has 0 unspecified atom stereocenters. The average Bonchev–Trinajstić information content (AvgIpc) is 3.26. The Balaban J connectivity index is 1.59. The summed E-state index contributed by atoms with van der Waals surface area (Å²) < 4.78 is 1.93. The van der Waals surface area contributed by atoms with E-state index in [1.54, 1.807) is 27.6 Å². The highest BCUT2D eigenvalue weighted by atomic mass is 32.2. The van der Waals surface area contributed by atoms with E-state index in [-0.39, 0.29) is 5.91 Å². The van der Waals surface area contributed by atoms with Gasteiger partial charge in [-0.1, -0.05) is 23.9 Å². The molecule has 0 bridgehead atoms. The van der Waals surface area contributed by atoms with Gasteiger partial charge in [-0.25, -0.2) is 0 Å². The summed E-state index contributed by atoms with van der Waals surface area (Å²) in [5, 5.41) is 13.2. The summed E-state index contributed by atoms with van der Waals surface area (Å²) in [5.41, 5.74) is 0. The van der Waals surface area contributed by atoms with Crippen LogP contribution in [0.25, 0.3) is 10.7 Å². The Hall–Kier alpha value is -1.64. The largest absolute Gasteiger partial charge is 0.340 e. The third-order valence-electron chi connectivity index (χ3n) is 3.30. The van der Waals surface area contributed by atoms with Gasteiger partial charge in [-0.2, -0.15) is 0 Å². The molecular formula is C15H16N4OS3. The quantitative estimate of drug-likeness (QED) is 0.630. The van der Waals surface area contributed by atoms with Crippen molar-refractivity contribution in [3.05, 3.63) is 39.9 Å². The molecule has 3 heterocycles. The molecule has 0 fully saturated rings. The lowest BCUT2D eigenvalue weighted by Gasteiger charge is -2.15. The maximum absolute atomic E-state index is 12.2. The Morgan fingerprint density at radius 3 is 2.74 bits per heavy atom. The maximum atomic E-state index is 12.2. The van der Waals surface area contributed by atoms with Gasteiger partial charge in [0.1, 0.15) is 0 Å². The van der Waals surface area contributed by atoms with Gasteiger partial charge >= 0.3 is 0 Å². The molecule has 5 nitrogen and oxygen atoms in total. The number of thiophene rings is 2. The lowest BCUT2D eigenvalue weighted by Crippen LogP contribution is -2.27. The van der Waals surface area contributed by atoms with Crippen LogP contribution in [-0.4, -0.2) is 38.4 Å². The lowest BCUT2D eigenvalue weighted by molar-refractivity contribution is -0.127. The molecule has 3 aromatic rings. The van der Waals surface area contributed by atoms with Crippen LogP contribution < -0.4 is 0 Å². The highest BCUT2D eigenvalue weighted by Gasteiger charge is 2.15. The molecule has 120 valence electrons. The monoisotopic (exact) mass is 364 g/mol. The van der Waals surface area contributed by atoms with Crippen molar-refractivity contribution in [2.45, 2.75) is 11.7 Å². The molecule has 23 heavy (non-hydrogen) atoms. The van der Waals surface area contributed by atoms with Crippen molar-refractivity contribution in [3.8, 4) is 10.7 Å². The number of carbonyl (C=O) groups is 1. The molecule has 0 atom stereocenters. The second kappa shape index (κ2) is 7.29. The average molecular weight is 365 g/mol. The second-order valence-electron chi connectivity index (χ2n) is 4.96. The van der Waals surface area contributed by atoms with Crippen LogP contribution in [-0.2, 0) is 18.4 Å². The molecule has 3 aromatic heterocycles. The van der Waals surface area contributed by atoms with Crippen molar-refractivity contribution in [1.82, 2.24) is 19.7 Å². The van der Waals surface area contributed by atoms with Crippen LogP contribution in [0.3, 0.4) is 0 Å². The molecule has 0 saturated carbocycles. The molecule has 1 amide bonds. The summed E-state index contributed by atoms with van der Waals surface area (Å²) in [5.74, 6) is 1.28. The Bertz CT molecular complexity index is 765. The van der Waals surface area contributed by atoms with Crippen molar-refractivity contribution >= 4 is 40.3 Å². The van der Waals surface area contributed by atoms with Gasteiger partial charge in [0, 0.05) is 19.0 Å². The fourth-order valence-corrected chi connectivity index (χ4v) is 4.37. The Labute approximate surface area is 147 Å².